The zero-order valence-electron chi connectivity index (χ0n) is 13.0. The molecule has 0 aromatic carbocycles. The number of aromatic nitrogens is 2. The number of aliphatic hydroxyl groups excluding tert-OH is 1. The number of alkyl halides is 5. The van der Waals surface area contributed by atoms with E-state index >= 15 is 0 Å². The summed E-state index contributed by atoms with van der Waals surface area (Å²) < 4.78 is 63.5. The zero-order valence-corrected chi connectivity index (χ0v) is 13.9. The van der Waals surface area contributed by atoms with Gasteiger partial charge in [0.05, 0.1) is 11.8 Å². The van der Waals surface area contributed by atoms with Gasteiger partial charge >= 0.3 is 6.18 Å². The predicted octanol–water partition coefficient (Wildman–Crippen LogP) is 3.20. The fraction of sp³-hybridized carbons (Fsp3) is 0.467. The number of hydrogen-bond donors (Lipinski definition) is 2. The highest BCUT2D eigenvalue weighted by Crippen LogP contribution is 2.59. The monoisotopic (exact) mass is 392 g/mol. The van der Waals surface area contributed by atoms with Gasteiger partial charge in [0.15, 0.2) is 0 Å². The van der Waals surface area contributed by atoms with Crippen LogP contribution in [-0.2, 0) is 0 Å². The lowest BCUT2D eigenvalue weighted by Gasteiger charge is -2.20. The Balaban J connectivity index is 1.42. The van der Waals surface area contributed by atoms with Crippen LogP contribution in [0.3, 0.4) is 0 Å². The van der Waals surface area contributed by atoms with Crippen LogP contribution in [0.25, 0.3) is 10.6 Å². The SMILES string of the molecule is OC(Nc1csc(-c2ccc(N3CC4C(C3)C4(F)F)nc2)n1)C(F)(F)F. The molecule has 3 heterocycles. The van der Waals surface area contributed by atoms with Crippen LogP contribution in [0.4, 0.5) is 33.6 Å². The number of halogens is 5. The third-order valence-electron chi connectivity index (χ3n) is 4.62. The molecule has 1 aliphatic heterocycles. The second kappa shape index (κ2) is 5.74. The van der Waals surface area contributed by atoms with Gasteiger partial charge in [-0.3, -0.25) is 0 Å². The number of pyridine rings is 1. The number of aliphatic hydroxyl groups is 1. The molecule has 2 aliphatic rings. The Morgan fingerprint density at radius 2 is 1.96 bits per heavy atom. The van der Waals surface area contributed by atoms with Crippen LogP contribution in [0.2, 0.25) is 0 Å². The molecule has 3 unspecified atom stereocenters. The van der Waals surface area contributed by atoms with E-state index in [-0.39, 0.29) is 18.9 Å². The van der Waals surface area contributed by atoms with Crippen molar-refractivity contribution in [1.29, 1.82) is 0 Å². The van der Waals surface area contributed by atoms with Crippen LogP contribution in [0.5, 0.6) is 0 Å². The first-order valence-corrected chi connectivity index (χ1v) is 8.60. The normalized spacial score (nSPS) is 25.1. The van der Waals surface area contributed by atoms with Crippen LogP contribution < -0.4 is 10.2 Å². The maximum absolute atomic E-state index is 13.2. The summed E-state index contributed by atoms with van der Waals surface area (Å²) >= 11 is 1.10. The summed E-state index contributed by atoms with van der Waals surface area (Å²) in [5.41, 5.74) is 0.586. The van der Waals surface area contributed by atoms with Crippen LogP contribution in [0.1, 0.15) is 0 Å². The molecule has 4 rings (SSSR count). The standard InChI is InChI=1S/C15H13F5N4OS/c16-14(17)8-4-24(5-9(8)14)11-2-1-7(3-21-11)12-22-10(6-26-12)23-13(25)15(18,19)20/h1-3,6,8-9,13,23,25H,4-5H2. The summed E-state index contributed by atoms with van der Waals surface area (Å²) in [5, 5.41) is 12.7. The topological polar surface area (TPSA) is 61.3 Å². The van der Waals surface area contributed by atoms with Crippen molar-refractivity contribution in [3.8, 4) is 10.6 Å². The van der Waals surface area contributed by atoms with Gasteiger partial charge in [-0.05, 0) is 12.1 Å². The highest BCUT2D eigenvalue weighted by Gasteiger charge is 2.71. The lowest BCUT2D eigenvalue weighted by molar-refractivity contribution is -0.194. The Morgan fingerprint density at radius 3 is 2.54 bits per heavy atom. The van der Waals surface area contributed by atoms with Crippen molar-refractivity contribution < 1.29 is 27.1 Å². The molecule has 2 aromatic rings. The largest absolute Gasteiger partial charge is 0.433 e. The van der Waals surface area contributed by atoms with Crippen molar-refractivity contribution in [3.63, 3.8) is 0 Å². The number of piperidine rings is 1. The maximum atomic E-state index is 13.2. The smallest absolute Gasteiger partial charge is 0.366 e. The molecule has 0 radical (unpaired) electrons. The number of fused-ring (bicyclic) bond motifs is 1. The van der Waals surface area contributed by atoms with Crippen LogP contribution in [0.15, 0.2) is 23.7 Å². The van der Waals surface area contributed by atoms with E-state index in [1.54, 1.807) is 17.0 Å². The molecule has 5 nitrogen and oxygen atoms in total. The van der Waals surface area contributed by atoms with Gasteiger partial charge in [0.1, 0.15) is 16.6 Å². The molecule has 0 amide bonds. The second-order valence-electron chi connectivity index (χ2n) is 6.32. The van der Waals surface area contributed by atoms with E-state index in [2.05, 4.69) is 9.97 Å². The Labute approximate surface area is 148 Å². The van der Waals surface area contributed by atoms with Crippen molar-refractivity contribution in [2.75, 3.05) is 23.3 Å². The zero-order chi connectivity index (χ0) is 18.7. The second-order valence-corrected chi connectivity index (χ2v) is 7.18. The van der Waals surface area contributed by atoms with Crippen molar-refractivity contribution in [2.45, 2.75) is 18.3 Å². The fourth-order valence-electron chi connectivity index (χ4n) is 3.09. The summed E-state index contributed by atoms with van der Waals surface area (Å²) in [6, 6.07) is 3.37. The minimum atomic E-state index is -4.79. The van der Waals surface area contributed by atoms with Crippen LogP contribution in [-0.4, -0.2) is 46.5 Å². The molecule has 2 aromatic heterocycles. The molecule has 26 heavy (non-hydrogen) atoms. The van der Waals surface area contributed by atoms with Crippen molar-refractivity contribution in [1.82, 2.24) is 9.97 Å². The molecule has 1 saturated carbocycles. The molecule has 1 aliphatic carbocycles. The lowest BCUT2D eigenvalue weighted by atomic mass is 10.3. The highest BCUT2D eigenvalue weighted by atomic mass is 32.1. The van der Waals surface area contributed by atoms with E-state index in [9.17, 15) is 22.0 Å². The first-order valence-electron chi connectivity index (χ1n) is 7.72. The number of nitrogens with one attached hydrogen (secondary N) is 1. The van der Waals surface area contributed by atoms with E-state index in [1.807, 2.05) is 5.32 Å². The van der Waals surface area contributed by atoms with Crippen molar-refractivity contribution in [3.05, 3.63) is 23.7 Å². The lowest BCUT2D eigenvalue weighted by Crippen LogP contribution is -2.35. The molecule has 11 heteroatoms. The van der Waals surface area contributed by atoms with E-state index in [0.717, 1.165) is 11.3 Å². The van der Waals surface area contributed by atoms with Gasteiger partial charge in [-0.25, -0.2) is 18.7 Å². The molecule has 3 atom stereocenters. The average molecular weight is 392 g/mol. The number of anilines is 2. The summed E-state index contributed by atoms with van der Waals surface area (Å²) in [4.78, 5) is 10.0. The van der Waals surface area contributed by atoms with E-state index in [1.165, 1.54) is 11.6 Å². The van der Waals surface area contributed by atoms with Crippen molar-refractivity contribution >= 4 is 23.0 Å². The number of nitrogens with zero attached hydrogens (tertiary/aromatic N) is 3. The average Bonchev–Trinajstić information content (AvgIpc) is 3.03. The Bertz CT molecular complexity index is 795. The number of rotatable bonds is 4. The number of hydrogen-bond acceptors (Lipinski definition) is 6. The van der Waals surface area contributed by atoms with Gasteiger partial charge in [-0.15, -0.1) is 11.3 Å². The molecule has 1 saturated heterocycles. The summed E-state index contributed by atoms with van der Waals surface area (Å²) in [7, 11) is 0. The first kappa shape index (κ1) is 17.4. The molecule has 140 valence electrons. The Kier molecular flexibility index (Phi) is 3.85. The van der Waals surface area contributed by atoms with Crippen LogP contribution >= 0.6 is 11.3 Å². The van der Waals surface area contributed by atoms with Gasteiger partial charge in [0.25, 0.3) is 5.92 Å². The van der Waals surface area contributed by atoms with E-state index < -0.39 is 30.2 Å². The number of thiazole rings is 1. The van der Waals surface area contributed by atoms with Gasteiger partial charge in [-0.2, -0.15) is 13.2 Å². The molecular formula is C15H13F5N4OS. The minimum Gasteiger partial charge on any atom is -0.366 e. The molecule has 0 bridgehead atoms. The van der Waals surface area contributed by atoms with Crippen LogP contribution in [0, 0.1) is 11.8 Å². The minimum absolute atomic E-state index is 0.0965. The van der Waals surface area contributed by atoms with Gasteiger partial charge in [0.2, 0.25) is 6.23 Å². The quantitative estimate of drug-likeness (QED) is 0.618. The van der Waals surface area contributed by atoms with Crippen molar-refractivity contribution in [2.24, 2.45) is 11.8 Å². The fourth-order valence-corrected chi connectivity index (χ4v) is 3.84. The van der Waals surface area contributed by atoms with Gasteiger partial charge in [-0.1, -0.05) is 0 Å². The molecule has 2 fully saturated rings. The molecular weight excluding hydrogens is 379 g/mol. The predicted molar refractivity (Wildman–Crippen MR) is 85.2 cm³/mol. The molecule has 0 spiro atoms. The van der Waals surface area contributed by atoms with E-state index in [0.29, 0.717) is 16.4 Å². The van der Waals surface area contributed by atoms with E-state index in [4.69, 9.17) is 5.11 Å². The summed E-state index contributed by atoms with van der Waals surface area (Å²) in [6.07, 6.45) is -5.99. The third-order valence-corrected chi connectivity index (χ3v) is 5.51. The summed E-state index contributed by atoms with van der Waals surface area (Å²) in [6.45, 7) is 0.537. The summed E-state index contributed by atoms with van der Waals surface area (Å²) in [5.74, 6) is -3.27. The first-order chi connectivity index (χ1) is 12.2. The van der Waals surface area contributed by atoms with Gasteiger partial charge in [0, 0.05) is 30.2 Å². The Hall–Kier alpha value is -2.01. The molecule has 2 N–H and O–H groups in total. The highest BCUT2D eigenvalue weighted by molar-refractivity contribution is 7.13. The maximum Gasteiger partial charge on any atom is 0.433 e. The van der Waals surface area contributed by atoms with Gasteiger partial charge < -0.3 is 15.3 Å². The Morgan fingerprint density at radius 1 is 1.27 bits per heavy atom. The third kappa shape index (κ3) is 2.98.